The van der Waals surface area contributed by atoms with Gasteiger partial charge in [0.2, 0.25) is 0 Å². The van der Waals surface area contributed by atoms with Gasteiger partial charge in [-0.2, -0.15) is 0 Å². The summed E-state index contributed by atoms with van der Waals surface area (Å²) in [6.07, 6.45) is 1.15. The fourth-order valence-electron chi connectivity index (χ4n) is 2.45. The normalized spacial score (nSPS) is 27.2. The zero-order valence-electron chi connectivity index (χ0n) is 9.66. The molecule has 0 spiro atoms. The lowest BCUT2D eigenvalue weighted by molar-refractivity contribution is -0.139. The molecule has 1 amide bonds. The maximum atomic E-state index is 11.4. The van der Waals surface area contributed by atoms with E-state index in [1.807, 2.05) is 18.2 Å². The first-order valence-corrected chi connectivity index (χ1v) is 5.50. The summed E-state index contributed by atoms with van der Waals surface area (Å²) >= 11 is 0. The SMILES string of the molecule is CC1(C)CCC(O)(C(N)=O)c2ccccc21. The molecule has 16 heavy (non-hydrogen) atoms. The largest absolute Gasteiger partial charge is 0.375 e. The predicted octanol–water partition coefficient (Wildman–Crippen LogP) is 1.43. The molecule has 2 rings (SSSR count). The summed E-state index contributed by atoms with van der Waals surface area (Å²) < 4.78 is 0. The number of hydrogen-bond donors (Lipinski definition) is 2. The zero-order chi connectivity index (χ0) is 12.0. The van der Waals surface area contributed by atoms with E-state index < -0.39 is 11.5 Å². The summed E-state index contributed by atoms with van der Waals surface area (Å²) in [5, 5.41) is 10.4. The van der Waals surface area contributed by atoms with Crippen molar-refractivity contribution in [2.75, 3.05) is 0 Å². The Hall–Kier alpha value is -1.35. The van der Waals surface area contributed by atoms with Crippen LogP contribution in [0.2, 0.25) is 0 Å². The Morgan fingerprint density at radius 1 is 1.25 bits per heavy atom. The van der Waals surface area contributed by atoms with Gasteiger partial charge in [0.25, 0.3) is 5.91 Å². The molecule has 0 saturated heterocycles. The number of primary amides is 1. The molecular weight excluding hydrogens is 202 g/mol. The molecule has 0 aromatic heterocycles. The molecule has 1 aromatic carbocycles. The molecule has 1 atom stereocenters. The molecule has 1 aliphatic rings. The molecule has 0 heterocycles. The van der Waals surface area contributed by atoms with Gasteiger partial charge in [-0.1, -0.05) is 38.1 Å². The van der Waals surface area contributed by atoms with E-state index >= 15 is 0 Å². The van der Waals surface area contributed by atoms with Gasteiger partial charge in [0.1, 0.15) is 0 Å². The fraction of sp³-hybridized carbons (Fsp3) is 0.462. The van der Waals surface area contributed by atoms with Crippen LogP contribution in [0.4, 0.5) is 0 Å². The molecule has 0 bridgehead atoms. The highest BCUT2D eigenvalue weighted by molar-refractivity contribution is 5.85. The van der Waals surface area contributed by atoms with Crippen LogP contribution in [0.15, 0.2) is 24.3 Å². The second-order valence-corrected chi connectivity index (χ2v) is 5.15. The number of amides is 1. The minimum absolute atomic E-state index is 0.0156. The summed E-state index contributed by atoms with van der Waals surface area (Å²) in [7, 11) is 0. The van der Waals surface area contributed by atoms with Crippen molar-refractivity contribution in [1.82, 2.24) is 0 Å². The number of benzene rings is 1. The number of rotatable bonds is 1. The minimum Gasteiger partial charge on any atom is -0.375 e. The first kappa shape index (κ1) is 11.1. The number of aliphatic hydroxyl groups is 1. The molecule has 3 N–H and O–H groups in total. The highest BCUT2D eigenvalue weighted by Crippen LogP contribution is 2.44. The van der Waals surface area contributed by atoms with E-state index in [0.717, 1.165) is 12.0 Å². The van der Waals surface area contributed by atoms with Crippen LogP contribution in [-0.2, 0) is 15.8 Å². The van der Waals surface area contributed by atoms with Gasteiger partial charge < -0.3 is 10.8 Å². The number of hydrogen-bond acceptors (Lipinski definition) is 2. The lowest BCUT2D eigenvalue weighted by atomic mass is 9.66. The molecule has 0 aliphatic heterocycles. The summed E-state index contributed by atoms with van der Waals surface area (Å²) in [6, 6.07) is 7.50. The van der Waals surface area contributed by atoms with Gasteiger partial charge >= 0.3 is 0 Å². The van der Waals surface area contributed by atoms with E-state index in [0.29, 0.717) is 12.0 Å². The first-order valence-electron chi connectivity index (χ1n) is 5.50. The van der Waals surface area contributed by atoms with Crippen LogP contribution < -0.4 is 5.73 Å². The molecule has 1 unspecified atom stereocenters. The summed E-state index contributed by atoms with van der Waals surface area (Å²) in [5.41, 5.74) is 5.49. The number of carbonyl (C=O) groups excluding carboxylic acids is 1. The third-order valence-electron chi connectivity index (χ3n) is 3.62. The first-order chi connectivity index (χ1) is 7.38. The second-order valence-electron chi connectivity index (χ2n) is 5.15. The van der Waals surface area contributed by atoms with Crippen molar-refractivity contribution < 1.29 is 9.90 Å². The van der Waals surface area contributed by atoms with Crippen LogP contribution in [0.25, 0.3) is 0 Å². The number of carbonyl (C=O) groups is 1. The van der Waals surface area contributed by atoms with Crippen LogP contribution in [-0.4, -0.2) is 11.0 Å². The average Bonchev–Trinajstić information content (AvgIpc) is 2.24. The maximum Gasteiger partial charge on any atom is 0.254 e. The monoisotopic (exact) mass is 219 g/mol. The molecule has 0 fully saturated rings. The van der Waals surface area contributed by atoms with Gasteiger partial charge in [-0.15, -0.1) is 0 Å². The standard InChI is InChI=1S/C13H17NO2/c1-12(2)7-8-13(16,11(14)15)10-6-4-3-5-9(10)12/h3-6,16H,7-8H2,1-2H3,(H2,14,15). The molecule has 0 radical (unpaired) electrons. The van der Waals surface area contributed by atoms with E-state index in [1.165, 1.54) is 0 Å². The Labute approximate surface area is 95.3 Å². The van der Waals surface area contributed by atoms with Crippen molar-refractivity contribution >= 4 is 5.91 Å². The van der Waals surface area contributed by atoms with Gasteiger partial charge in [0.05, 0.1) is 0 Å². The van der Waals surface area contributed by atoms with E-state index in [-0.39, 0.29) is 5.41 Å². The highest BCUT2D eigenvalue weighted by Gasteiger charge is 2.45. The molecule has 3 heteroatoms. The molecule has 0 saturated carbocycles. The van der Waals surface area contributed by atoms with Crippen LogP contribution in [0.5, 0.6) is 0 Å². The average molecular weight is 219 g/mol. The predicted molar refractivity (Wildman–Crippen MR) is 61.8 cm³/mol. The fourth-order valence-corrected chi connectivity index (χ4v) is 2.45. The topological polar surface area (TPSA) is 63.3 Å². The van der Waals surface area contributed by atoms with Crippen LogP contribution >= 0.6 is 0 Å². The van der Waals surface area contributed by atoms with Gasteiger partial charge in [0.15, 0.2) is 5.60 Å². The highest BCUT2D eigenvalue weighted by atomic mass is 16.3. The van der Waals surface area contributed by atoms with Gasteiger partial charge in [-0.3, -0.25) is 4.79 Å². The Morgan fingerprint density at radius 3 is 2.38 bits per heavy atom. The van der Waals surface area contributed by atoms with Crippen molar-refractivity contribution in [2.45, 2.75) is 37.7 Å². The Morgan fingerprint density at radius 2 is 1.81 bits per heavy atom. The Bertz CT molecular complexity index is 439. The van der Waals surface area contributed by atoms with E-state index in [1.54, 1.807) is 6.07 Å². The third kappa shape index (κ3) is 1.43. The summed E-state index contributed by atoms with van der Waals surface area (Å²) in [5.74, 6) is -0.657. The molecule has 1 aromatic rings. The van der Waals surface area contributed by atoms with Crippen LogP contribution in [0.1, 0.15) is 37.8 Å². The molecular formula is C13H17NO2. The maximum absolute atomic E-state index is 11.4. The summed E-state index contributed by atoms with van der Waals surface area (Å²) in [6.45, 7) is 4.23. The van der Waals surface area contributed by atoms with E-state index in [9.17, 15) is 9.90 Å². The summed E-state index contributed by atoms with van der Waals surface area (Å²) in [4.78, 5) is 11.4. The van der Waals surface area contributed by atoms with Gasteiger partial charge in [-0.05, 0) is 29.4 Å². The second kappa shape index (κ2) is 3.32. The Balaban J connectivity index is 2.64. The van der Waals surface area contributed by atoms with E-state index in [4.69, 9.17) is 5.73 Å². The zero-order valence-corrected chi connectivity index (χ0v) is 9.66. The number of nitrogens with two attached hydrogens (primary N) is 1. The van der Waals surface area contributed by atoms with Crippen LogP contribution in [0, 0.1) is 0 Å². The van der Waals surface area contributed by atoms with E-state index in [2.05, 4.69) is 13.8 Å². The van der Waals surface area contributed by atoms with Crippen molar-refractivity contribution in [3.63, 3.8) is 0 Å². The molecule has 86 valence electrons. The van der Waals surface area contributed by atoms with Gasteiger partial charge in [0, 0.05) is 0 Å². The van der Waals surface area contributed by atoms with Crippen molar-refractivity contribution in [1.29, 1.82) is 0 Å². The number of fused-ring (bicyclic) bond motifs is 1. The van der Waals surface area contributed by atoms with Crippen molar-refractivity contribution in [3.8, 4) is 0 Å². The van der Waals surface area contributed by atoms with Crippen LogP contribution in [0.3, 0.4) is 0 Å². The smallest absolute Gasteiger partial charge is 0.254 e. The third-order valence-corrected chi connectivity index (χ3v) is 3.62. The lowest BCUT2D eigenvalue weighted by Gasteiger charge is -2.40. The quantitative estimate of drug-likeness (QED) is 0.750. The van der Waals surface area contributed by atoms with Gasteiger partial charge in [-0.25, -0.2) is 0 Å². The Kier molecular flexibility index (Phi) is 2.31. The molecule has 1 aliphatic carbocycles. The molecule has 3 nitrogen and oxygen atoms in total. The van der Waals surface area contributed by atoms with Crippen molar-refractivity contribution in [3.05, 3.63) is 35.4 Å². The van der Waals surface area contributed by atoms with Crippen molar-refractivity contribution in [2.24, 2.45) is 5.73 Å². The lowest BCUT2D eigenvalue weighted by Crippen LogP contribution is -2.46. The minimum atomic E-state index is -1.49.